The number of halogens is 2. The van der Waals surface area contributed by atoms with Crippen LogP contribution in [0.15, 0.2) is 107 Å². The lowest BCUT2D eigenvalue weighted by atomic mass is 10.2. The van der Waals surface area contributed by atoms with Crippen LogP contribution < -0.4 is 9.47 Å². The maximum atomic E-state index is 5.22. The lowest BCUT2D eigenvalue weighted by Crippen LogP contribution is -1.85. The average Bonchev–Trinajstić information content (AvgIpc) is 3.53. The van der Waals surface area contributed by atoms with Crippen molar-refractivity contribution >= 4 is 43.2 Å². The van der Waals surface area contributed by atoms with Crippen molar-refractivity contribution in [2.75, 3.05) is 14.2 Å². The molecule has 0 saturated heterocycles. The summed E-state index contributed by atoms with van der Waals surface area (Å²) in [5.74, 6) is 1.64. The molecule has 0 atom stereocenters. The van der Waals surface area contributed by atoms with E-state index in [0.29, 0.717) is 0 Å². The third kappa shape index (κ3) is 5.01. The highest BCUT2D eigenvalue weighted by molar-refractivity contribution is 9.10. The number of imidazole rings is 2. The second-order valence-electron chi connectivity index (χ2n) is 7.88. The van der Waals surface area contributed by atoms with Crippen LogP contribution in [-0.4, -0.2) is 33.0 Å². The molecule has 0 aliphatic heterocycles. The van der Waals surface area contributed by atoms with Crippen molar-refractivity contribution in [3.63, 3.8) is 0 Å². The Morgan fingerprint density at radius 2 is 1.06 bits per heavy atom. The predicted molar refractivity (Wildman–Crippen MR) is 150 cm³/mol. The van der Waals surface area contributed by atoms with Gasteiger partial charge in [0.15, 0.2) is 0 Å². The molecule has 0 amide bonds. The van der Waals surface area contributed by atoms with Crippen molar-refractivity contribution < 1.29 is 9.47 Å². The van der Waals surface area contributed by atoms with Crippen LogP contribution in [0.4, 0.5) is 0 Å². The van der Waals surface area contributed by atoms with Gasteiger partial charge in [0, 0.05) is 35.9 Å². The van der Waals surface area contributed by atoms with Gasteiger partial charge in [-0.3, -0.25) is 0 Å². The summed E-state index contributed by atoms with van der Waals surface area (Å²) in [5.41, 5.74) is 5.91. The molecule has 0 fully saturated rings. The van der Waals surface area contributed by atoms with Gasteiger partial charge in [0.05, 0.1) is 34.6 Å². The summed E-state index contributed by atoms with van der Waals surface area (Å²) in [5, 5.41) is 0. The fourth-order valence-electron chi connectivity index (χ4n) is 3.80. The first-order chi connectivity index (χ1) is 17.6. The maximum Gasteiger partial charge on any atom is 0.137 e. The number of benzene rings is 2. The van der Waals surface area contributed by atoms with E-state index in [2.05, 4.69) is 41.8 Å². The normalized spacial score (nSPS) is 10.8. The van der Waals surface area contributed by atoms with Crippen LogP contribution in [0.5, 0.6) is 11.5 Å². The van der Waals surface area contributed by atoms with Crippen molar-refractivity contribution in [3.8, 4) is 34.0 Å². The number of methoxy groups -OCH3 is 2. The average molecular weight is 606 g/mol. The Hall–Kier alpha value is -3.62. The van der Waals surface area contributed by atoms with Crippen LogP contribution in [0.1, 0.15) is 0 Å². The summed E-state index contributed by atoms with van der Waals surface area (Å²) in [4.78, 5) is 9.16. The zero-order valence-corrected chi connectivity index (χ0v) is 22.8. The van der Waals surface area contributed by atoms with Gasteiger partial charge in [0.25, 0.3) is 0 Å². The highest BCUT2D eigenvalue weighted by Crippen LogP contribution is 2.31. The Bertz CT molecular complexity index is 1470. The van der Waals surface area contributed by atoms with E-state index in [9.17, 15) is 0 Å². The molecule has 4 aromatic heterocycles. The summed E-state index contributed by atoms with van der Waals surface area (Å²) in [6.45, 7) is 0. The molecule has 0 spiro atoms. The highest BCUT2D eigenvalue weighted by atomic mass is 79.9. The molecular formula is C28H22Br2N4O2. The number of pyridine rings is 2. The Balaban J connectivity index is 0.000000148. The molecule has 180 valence electrons. The monoisotopic (exact) mass is 604 g/mol. The zero-order chi connectivity index (χ0) is 25.1. The van der Waals surface area contributed by atoms with Gasteiger partial charge in [-0.25, -0.2) is 9.97 Å². The van der Waals surface area contributed by atoms with Crippen LogP contribution in [0, 0.1) is 0 Å². The lowest BCUT2D eigenvalue weighted by molar-refractivity contribution is 0.412. The Morgan fingerprint density at radius 1 is 0.611 bits per heavy atom. The van der Waals surface area contributed by atoms with Gasteiger partial charge in [-0.1, -0.05) is 12.1 Å². The topological polar surface area (TPSA) is 53.1 Å². The maximum absolute atomic E-state index is 5.22. The van der Waals surface area contributed by atoms with Crippen LogP contribution in [0.2, 0.25) is 0 Å². The van der Waals surface area contributed by atoms with Gasteiger partial charge in [-0.15, -0.1) is 0 Å². The third-order valence-corrected chi connectivity index (χ3v) is 6.86. The molecule has 2 aromatic carbocycles. The molecular weight excluding hydrogens is 584 g/mol. The molecule has 6 rings (SSSR count). The number of nitrogens with zero attached hydrogens (tertiary/aromatic N) is 4. The second kappa shape index (κ2) is 10.6. The van der Waals surface area contributed by atoms with Crippen LogP contribution in [0.25, 0.3) is 33.8 Å². The van der Waals surface area contributed by atoms with Gasteiger partial charge >= 0.3 is 0 Å². The quantitative estimate of drug-likeness (QED) is 0.208. The highest BCUT2D eigenvalue weighted by Gasteiger charge is 2.08. The lowest BCUT2D eigenvalue weighted by Gasteiger charge is -2.04. The standard InChI is InChI=1S/2C14H11BrN2O/c2*1-18-13-6-5-10(8-11(13)15)12-9-17-7-3-2-4-14(17)16-12/h2*2-9H,1H3. The van der Waals surface area contributed by atoms with Crippen molar-refractivity contribution in [1.29, 1.82) is 0 Å². The number of fused-ring (bicyclic) bond motifs is 2. The number of ether oxygens (including phenoxy) is 2. The van der Waals surface area contributed by atoms with Crippen molar-refractivity contribution in [1.82, 2.24) is 18.8 Å². The number of aromatic nitrogens is 4. The van der Waals surface area contributed by atoms with Crippen LogP contribution in [0.3, 0.4) is 0 Å². The van der Waals surface area contributed by atoms with E-state index in [1.54, 1.807) is 14.2 Å². The SMILES string of the molecule is COc1ccc(-c2cn3ccccc3n2)cc1Br.COc1ccc(-c2cn3ccccc3n2)cc1Br. The first-order valence-electron chi connectivity index (χ1n) is 11.1. The smallest absolute Gasteiger partial charge is 0.137 e. The molecule has 0 radical (unpaired) electrons. The minimum Gasteiger partial charge on any atom is -0.496 e. The summed E-state index contributed by atoms with van der Waals surface area (Å²) >= 11 is 6.98. The molecule has 6 aromatic rings. The molecule has 6 nitrogen and oxygen atoms in total. The first-order valence-corrected chi connectivity index (χ1v) is 12.7. The van der Waals surface area contributed by atoms with E-state index in [4.69, 9.17) is 9.47 Å². The minimum absolute atomic E-state index is 0.822. The van der Waals surface area contributed by atoms with E-state index in [1.807, 2.05) is 106 Å². The molecule has 0 N–H and O–H groups in total. The fraction of sp³-hybridized carbons (Fsp3) is 0.0714. The zero-order valence-electron chi connectivity index (χ0n) is 19.6. The molecule has 36 heavy (non-hydrogen) atoms. The fourth-order valence-corrected chi connectivity index (χ4v) is 4.88. The summed E-state index contributed by atoms with van der Waals surface area (Å²) in [6.07, 6.45) is 8.02. The van der Waals surface area contributed by atoms with Gasteiger partial charge in [0.2, 0.25) is 0 Å². The largest absolute Gasteiger partial charge is 0.496 e. The van der Waals surface area contributed by atoms with Gasteiger partial charge in [-0.2, -0.15) is 0 Å². The Morgan fingerprint density at radius 3 is 1.42 bits per heavy atom. The molecule has 0 bridgehead atoms. The Labute approximate surface area is 225 Å². The van der Waals surface area contributed by atoms with Crippen molar-refractivity contribution in [3.05, 3.63) is 107 Å². The van der Waals surface area contributed by atoms with Gasteiger partial charge in [-0.05, 0) is 92.5 Å². The molecule has 0 saturated carbocycles. The minimum atomic E-state index is 0.822. The van der Waals surface area contributed by atoms with E-state index in [0.717, 1.165) is 54.3 Å². The molecule has 0 unspecified atom stereocenters. The van der Waals surface area contributed by atoms with E-state index >= 15 is 0 Å². The molecule has 4 heterocycles. The van der Waals surface area contributed by atoms with Gasteiger partial charge < -0.3 is 18.3 Å². The molecule has 8 heteroatoms. The van der Waals surface area contributed by atoms with Crippen LogP contribution >= 0.6 is 31.9 Å². The number of hydrogen-bond acceptors (Lipinski definition) is 4. The van der Waals surface area contributed by atoms with E-state index in [-0.39, 0.29) is 0 Å². The van der Waals surface area contributed by atoms with Gasteiger partial charge in [0.1, 0.15) is 22.8 Å². The Kier molecular flexibility index (Phi) is 7.06. The summed E-state index contributed by atoms with van der Waals surface area (Å²) < 4.78 is 16.3. The van der Waals surface area contributed by atoms with E-state index in [1.165, 1.54) is 0 Å². The second-order valence-corrected chi connectivity index (χ2v) is 9.59. The number of rotatable bonds is 4. The predicted octanol–water partition coefficient (Wildman–Crippen LogP) is 7.54. The third-order valence-electron chi connectivity index (χ3n) is 5.62. The van der Waals surface area contributed by atoms with Crippen molar-refractivity contribution in [2.45, 2.75) is 0 Å². The van der Waals surface area contributed by atoms with E-state index < -0.39 is 0 Å². The summed E-state index contributed by atoms with van der Waals surface area (Å²) in [7, 11) is 3.31. The molecule has 0 aliphatic rings. The summed E-state index contributed by atoms with van der Waals surface area (Å²) in [6, 6.07) is 23.8. The molecule has 0 aliphatic carbocycles. The number of hydrogen-bond donors (Lipinski definition) is 0. The van der Waals surface area contributed by atoms with Crippen molar-refractivity contribution in [2.24, 2.45) is 0 Å². The first kappa shape index (κ1) is 24.1. The van der Waals surface area contributed by atoms with Crippen LogP contribution in [-0.2, 0) is 0 Å².